The number of aromatic nitrogens is 2. The summed E-state index contributed by atoms with van der Waals surface area (Å²) in [5, 5.41) is 9.58. The van der Waals surface area contributed by atoms with Gasteiger partial charge in [0.15, 0.2) is 5.13 Å². The second-order valence-electron chi connectivity index (χ2n) is 8.59. The zero-order chi connectivity index (χ0) is 21.8. The maximum Gasteiger partial charge on any atom is 0.255 e. The Morgan fingerprint density at radius 2 is 2.12 bits per heavy atom. The fourth-order valence-corrected chi connectivity index (χ4v) is 5.77. The number of aryl methyl sites for hydroxylation is 1. The molecule has 7 nitrogen and oxygen atoms in total. The van der Waals surface area contributed by atoms with Gasteiger partial charge in [-0.25, -0.2) is 9.97 Å². The number of nitriles is 1. The van der Waals surface area contributed by atoms with Gasteiger partial charge in [0.2, 0.25) is 0 Å². The average molecular weight is 475 g/mol. The van der Waals surface area contributed by atoms with Crippen molar-refractivity contribution in [3.05, 3.63) is 40.2 Å². The standard InChI is InChI=1S/C23H30N6OS.ClH/c1-2-9-29(19-5-6-20-21(12-19)31-23(25)27-20)15-16-7-10-28(11-8-16)22(30)17-3-4-18(13-24)26-14-17;/h3-4,14,16,19H,2,5-12,15H2,1H3,(H2,25,27);1H/t19-;/m0./s1. The SMILES string of the molecule is CCCN(CC1CCN(C(=O)c2ccc(C#N)nc2)CC1)[C@H]1CCc2nc(N)sc2C1.Cl. The second-order valence-corrected chi connectivity index (χ2v) is 9.71. The van der Waals surface area contributed by atoms with E-state index in [0.29, 0.717) is 28.3 Å². The van der Waals surface area contributed by atoms with Crippen LogP contribution in [0.4, 0.5) is 5.13 Å². The second kappa shape index (κ2) is 11.1. The number of fused-ring (bicyclic) bond motifs is 1. The highest BCUT2D eigenvalue weighted by Crippen LogP contribution is 2.31. The van der Waals surface area contributed by atoms with Crippen LogP contribution < -0.4 is 5.73 Å². The van der Waals surface area contributed by atoms with E-state index in [0.717, 1.165) is 64.7 Å². The van der Waals surface area contributed by atoms with E-state index in [4.69, 9.17) is 11.0 Å². The van der Waals surface area contributed by atoms with Crippen LogP contribution in [0.25, 0.3) is 0 Å². The molecule has 1 amide bonds. The van der Waals surface area contributed by atoms with Crippen molar-refractivity contribution >= 4 is 34.8 Å². The van der Waals surface area contributed by atoms with Gasteiger partial charge in [-0.1, -0.05) is 6.92 Å². The Hall–Kier alpha value is -2.21. The van der Waals surface area contributed by atoms with Gasteiger partial charge in [-0.15, -0.1) is 23.7 Å². The number of hydrogen-bond donors (Lipinski definition) is 1. The molecule has 1 aliphatic heterocycles. The third-order valence-corrected chi connectivity index (χ3v) is 7.43. The van der Waals surface area contributed by atoms with Crippen molar-refractivity contribution in [3.8, 4) is 6.07 Å². The molecule has 9 heteroatoms. The van der Waals surface area contributed by atoms with Gasteiger partial charge < -0.3 is 10.6 Å². The largest absolute Gasteiger partial charge is 0.375 e. The van der Waals surface area contributed by atoms with Crippen LogP contribution in [-0.4, -0.2) is 57.9 Å². The van der Waals surface area contributed by atoms with Crippen LogP contribution in [0.1, 0.15) is 59.2 Å². The van der Waals surface area contributed by atoms with Crippen molar-refractivity contribution in [1.82, 2.24) is 19.8 Å². The Kier molecular flexibility index (Phi) is 8.46. The predicted octanol–water partition coefficient (Wildman–Crippen LogP) is 3.54. The molecule has 0 aromatic carbocycles. The number of amides is 1. The highest BCUT2D eigenvalue weighted by atomic mass is 35.5. The number of hydrogen-bond acceptors (Lipinski definition) is 7. The van der Waals surface area contributed by atoms with Crippen molar-refractivity contribution in [2.75, 3.05) is 31.9 Å². The number of nitrogen functional groups attached to an aromatic ring is 1. The highest BCUT2D eigenvalue weighted by Gasteiger charge is 2.30. The summed E-state index contributed by atoms with van der Waals surface area (Å²) in [6.45, 7) is 6.03. The van der Waals surface area contributed by atoms with E-state index in [1.165, 1.54) is 16.8 Å². The fourth-order valence-electron chi connectivity index (χ4n) is 4.82. The zero-order valence-electron chi connectivity index (χ0n) is 18.5. The first-order chi connectivity index (χ1) is 15.1. The first-order valence-corrected chi connectivity index (χ1v) is 12.0. The van der Waals surface area contributed by atoms with Gasteiger partial charge >= 0.3 is 0 Å². The van der Waals surface area contributed by atoms with Gasteiger partial charge in [-0.3, -0.25) is 9.69 Å². The predicted molar refractivity (Wildman–Crippen MR) is 129 cm³/mol. The summed E-state index contributed by atoms with van der Waals surface area (Å²) in [4.78, 5) is 27.3. The van der Waals surface area contributed by atoms with E-state index in [1.807, 2.05) is 11.0 Å². The molecule has 0 radical (unpaired) electrons. The van der Waals surface area contributed by atoms with Crippen LogP contribution >= 0.6 is 23.7 Å². The molecule has 172 valence electrons. The lowest BCUT2D eigenvalue weighted by molar-refractivity contribution is 0.0642. The quantitative estimate of drug-likeness (QED) is 0.687. The van der Waals surface area contributed by atoms with Gasteiger partial charge in [0.05, 0.1) is 11.3 Å². The molecule has 0 bridgehead atoms. The van der Waals surface area contributed by atoms with E-state index in [9.17, 15) is 4.79 Å². The van der Waals surface area contributed by atoms with E-state index < -0.39 is 0 Å². The maximum atomic E-state index is 12.8. The summed E-state index contributed by atoms with van der Waals surface area (Å²) in [5.74, 6) is 0.631. The Morgan fingerprint density at radius 3 is 2.78 bits per heavy atom. The monoisotopic (exact) mass is 474 g/mol. The topological polar surface area (TPSA) is 99.1 Å². The number of thiazole rings is 1. The molecular weight excluding hydrogens is 444 g/mol. The number of anilines is 1. The Balaban J connectivity index is 0.00000289. The van der Waals surface area contributed by atoms with Gasteiger partial charge in [0.25, 0.3) is 5.91 Å². The summed E-state index contributed by atoms with van der Waals surface area (Å²) >= 11 is 1.65. The summed E-state index contributed by atoms with van der Waals surface area (Å²) in [6.07, 6.45) is 7.96. The van der Waals surface area contributed by atoms with Crippen molar-refractivity contribution in [1.29, 1.82) is 5.26 Å². The fraction of sp³-hybridized carbons (Fsp3) is 0.565. The van der Waals surface area contributed by atoms with Gasteiger partial charge in [0, 0.05) is 36.8 Å². The molecule has 2 aliphatic rings. The molecule has 2 aromatic heterocycles. The molecular formula is C23H31ClN6OS. The summed E-state index contributed by atoms with van der Waals surface area (Å²) < 4.78 is 0. The molecule has 1 fully saturated rings. The number of halogens is 1. The average Bonchev–Trinajstić information content (AvgIpc) is 3.18. The molecule has 1 atom stereocenters. The minimum absolute atomic E-state index is 0. The molecule has 1 saturated heterocycles. The molecule has 0 spiro atoms. The van der Waals surface area contributed by atoms with Crippen LogP contribution in [0, 0.1) is 17.2 Å². The minimum Gasteiger partial charge on any atom is -0.375 e. The van der Waals surface area contributed by atoms with Crippen molar-refractivity contribution in [2.45, 2.75) is 51.5 Å². The van der Waals surface area contributed by atoms with Gasteiger partial charge in [-0.2, -0.15) is 5.26 Å². The lowest BCUT2D eigenvalue weighted by atomic mass is 9.92. The van der Waals surface area contributed by atoms with E-state index >= 15 is 0 Å². The van der Waals surface area contributed by atoms with E-state index in [-0.39, 0.29) is 18.3 Å². The number of pyridine rings is 1. The number of nitrogens with two attached hydrogens (primary N) is 1. The molecule has 1 aliphatic carbocycles. The van der Waals surface area contributed by atoms with Gasteiger partial charge in [-0.05, 0) is 63.1 Å². The number of carbonyl (C=O) groups is 1. The smallest absolute Gasteiger partial charge is 0.255 e. The molecule has 2 N–H and O–H groups in total. The van der Waals surface area contributed by atoms with Crippen LogP contribution in [0.15, 0.2) is 18.3 Å². The Labute approximate surface area is 200 Å². The summed E-state index contributed by atoms with van der Waals surface area (Å²) in [7, 11) is 0. The van der Waals surface area contributed by atoms with Crippen molar-refractivity contribution < 1.29 is 4.79 Å². The van der Waals surface area contributed by atoms with E-state index in [1.54, 1.807) is 23.5 Å². The summed E-state index contributed by atoms with van der Waals surface area (Å²) in [5.41, 5.74) is 8.03. The van der Waals surface area contributed by atoms with Gasteiger partial charge in [0.1, 0.15) is 11.8 Å². The van der Waals surface area contributed by atoms with Crippen molar-refractivity contribution in [3.63, 3.8) is 0 Å². The molecule has 3 heterocycles. The minimum atomic E-state index is 0. The lowest BCUT2D eigenvalue weighted by Gasteiger charge is -2.39. The van der Waals surface area contributed by atoms with Crippen LogP contribution in [-0.2, 0) is 12.8 Å². The van der Waals surface area contributed by atoms with E-state index in [2.05, 4.69) is 21.8 Å². The lowest BCUT2D eigenvalue weighted by Crippen LogP contribution is -2.45. The third kappa shape index (κ3) is 5.58. The maximum absolute atomic E-state index is 12.8. The van der Waals surface area contributed by atoms with Crippen LogP contribution in [0.2, 0.25) is 0 Å². The van der Waals surface area contributed by atoms with Crippen molar-refractivity contribution in [2.24, 2.45) is 5.92 Å². The Morgan fingerprint density at radius 1 is 1.34 bits per heavy atom. The Bertz CT molecular complexity index is 948. The van der Waals surface area contributed by atoms with Crippen LogP contribution in [0.5, 0.6) is 0 Å². The molecule has 4 rings (SSSR count). The third-order valence-electron chi connectivity index (χ3n) is 6.48. The number of nitrogens with zero attached hydrogens (tertiary/aromatic N) is 5. The molecule has 0 unspecified atom stereocenters. The highest BCUT2D eigenvalue weighted by molar-refractivity contribution is 7.15. The first kappa shape index (κ1) is 24.4. The number of rotatable bonds is 6. The molecule has 32 heavy (non-hydrogen) atoms. The zero-order valence-corrected chi connectivity index (χ0v) is 20.1. The first-order valence-electron chi connectivity index (χ1n) is 11.2. The summed E-state index contributed by atoms with van der Waals surface area (Å²) in [6, 6.07) is 5.86. The molecule has 0 saturated carbocycles. The molecule has 2 aromatic rings. The number of carbonyl (C=O) groups excluding carboxylic acids is 1. The number of likely N-dealkylation sites (tertiary alicyclic amines) is 1. The number of piperidine rings is 1. The van der Waals surface area contributed by atoms with Crippen LogP contribution in [0.3, 0.4) is 0 Å². The normalized spacial score (nSPS) is 18.7.